The van der Waals surface area contributed by atoms with Gasteiger partial charge in [0.1, 0.15) is 17.8 Å². The average Bonchev–Trinajstić information content (AvgIpc) is 2.67. The number of amides is 1. The number of carbonyl (C=O) groups is 1. The van der Waals surface area contributed by atoms with Gasteiger partial charge in [-0.05, 0) is 26.0 Å². The van der Waals surface area contributed by atoms with Crippen molar-refractivity contribution in [2.45, 2.75) is 26.8 Å². The zero-order valence-electron chi connectivity index (χ0n) is 11.9. The number of carbonyl (C=O) groups excluding carboxylic acids is 1. The van der Waals surface area contributed by atoms with E-state index in [4.69, 9.17) is 10.00 Å². The molecule has 1 amide bonds. The van der Waals surface area contributed by atoms with Crippen LogP contribution in [-0.4, -0.2) is 30.4 Å². The fourth-order valence-electron chi connectivity index (χ4n) is 2.18. The maximum absolute atomic E-state index is 13.0. The topological polar surface area (TPSA) is 53.3 Å². The van der Waals surface area contributed by atoms with Gasteiger partial charge in [0.2, 0.25) is 5.91 Å². The van der Waals surface area contributed by atoms with Crippen molar-refractivity contribution < 1.29 is 18.3 Å². The van der Waals surface area contributed by atoms with Gasteiger partial charge < -0.3 is 9.64 Å². The van der Waals surface area contributed by atoms with Gasteiger partial charge in [0.25, 0.3) is 6.43 Å². The lowest BCUT2D eigenvalue weighted by molar-refractivity contribution is -0.149. The highest BCUT2D eigenvalue weighted by molar-refractivity contribution is 5.82. The molecule has 2 rings (SSSR count). The second-order valence-electron chi connectivity index (χ2n) is 5.49. The summed E-state index contributed by atoms with van der Waals surface area (Å²) in [6.45, 7) is 2.99. The highest BCUT2D eigenvalue weighted by atomic mass is 19.3. The van der Waals surface area contributed by atoms with E-state index in [1.807, 2.05) is 6.07 Å². The predicted octanol–water partition coefficient (Wildman–Crippen LogP) is 2.57. The van der Waals surface area contributed by atoms with Gasteiger partial charge in [-0.15, -0.1) is 0 Å². The molecule has 0 unspecified atom stereocenters. The van der Waals surface area contributed by atoms with E-state index in [9.17, 15) is 13.6 Å². The second kappa shape index (κ2) is 5.68. The normalized spacial score (nSPS) is 15.0. The standard InChI is InChI=1S/C15H16F2N2O2/c1-15(2,13(16)17)14(20)19-6-7-21-12-5-3-4-10(8-18)11(12)9-19/h3-5,13H,6-7,9H2,1-2H3. The molecule has 0 saturated carbocycles. The third-order valence-electron chi connectivity index (χ3n) is 3.61. The van der Waals surface area contributed by atoms with E-state index in [1.165, 1.54) is 18.7 Å². The number of fused-ring (bicyclic) bond motifs is 1. The van der Waals surface area contributed by atoms with E-state index in [1.54, 1.807) is 18.2 Å². The molecule has 0 N–H and O–H groups in total. The van der Waals surface area contributed by atoms with Gasteiger partial charge >= 0.3 is 0 Å². The molecule has 6 heteroatoms. The quantitative estimate of drug-likeness (QED) is 0.842. The summed E-state index contributed by atoms with van der Waals surface area (Å²) in [6.07, 6.45) is -2.75. The summed E-state index contributed by atoms with van der Waals surface area (Å²) in [5.74, 6) is -0.110. The molecule has 0 spiro atoms. The van der Waals surface area contributed by atoms with Crippen LogP contribution >= 0.6 is 0 Å². The van der Waals surface area contributed by atoms with Crippen LogP contribution in [0.4, 0.5) is 8.78 Å². The molecule has 4 nitrogen and oxygen atoms in total. The van der Waals surface area contributed by atoms with Gasteiger partial charge in [-0.3, -0.25) is 4.79 Å². The smallest absolute Gasteiger partial charge is 0.252 e. The lowest BCUT2D eigenvalue weighted by Gasteiger charge is -2.30. The molecule has 1 aliphatic heterocycles. The van der Waals surface area contributed by atoms with Crippen molar-refractivity contribution in [1.82, 2.24) is 4.90 Å². The Hall–Kier alpha value is -2.16. The molecule has 0 aliphatic carbocycles. The van der Waals surface area contributed by atoms with Crippen molar-refractivity contribution in [1.29, 1.82) is 5.26 Å². The van der Waals surface area contributed by atoms with Gasteiger partial charge in [-0.2, -0.15) is 5.26 Å². The van der Waals surface area contributed by atoms with Crippen LogP contribution in [0.15, 0.2) is 18.2 Å². The molecule has 0 atom stereocenters. The number of nitrogens with zero attached hydrogens (tertiary/aromatic N) is 2. The number of ether oxygens (including phenoxy) is 1. The number of rotatable bonds is 2. The van der Waals surface area contributed by atoms with Crippen LogP contribution in [0, 0.1) is 16.7 Å². The van der Waals surface area contributed by atoms with Crippen LogP contribution in [0.1, 0.15) is 25.0 Å². The van der Waals surface area contributed by atoms with E-state index in [0.717, 1.165) is 0 Å². The van der Waals surface area contributed by atoms with Crippen molar-refractivity contribution in [3.8, 4) is 11.8 Å². The van der Waals surface area contributed by atoms with Crippen molar-refractivity contribution in [2.24, 2.45) is 5.41 Å². The fourth-order valence-corrected chi connectivity index (χ4v) is 2.18. The van der Waals surface area contributed by atoms with Gasteiger partial charge in [-0.25, -0.2) is 8.78 Å². The van der Waals surface area contributed by atoms with E-state index in [2.05, 4.69) is 0 Å². The predicted molar refractivity (Wildman–Crippen MR) is 71.9 cm³/mol. The third kappa shape index (κ3) is 2.82. The Labute approximate surface area is 121 Å². The molecule has 0 radical (unpaired) electrons. The summed E-state index contributed by atoms with van der Waals surface area (Å²) in [5.41, 5.74) is -0.801. The van der Waals surface area contributed by atoms with E-state index in [0.29, 0.717) is 16.9 Å². The molecule has 1 aromatic rings. The number of alkyl halides is 2. The van der Waals surface area contributed by atoms with Crippen LogP contribution in [-0.2, 0) is 11.3 Å². The van der Waals surface area contributed by atoms with E-state index in [-0.39, 0.29) is 19.7 Å². The molecule has 0 aromatic heterocycles. The summed E-state index contributed by atoms with van der Waals surface area (Å²) < 4.78 is 31.6. The first-order valence-electron chi connectivity index (χ1n) is 6.60. The zero-order valence-corrected chi connectivity index (χ0v) is 11.9. The number of hydrogen-bond acceptors (Lipinski definition) is 3. The summed E-state index contributed by atoms with van der Waals surface area (Å²) in [6, 6.07) is 7.06. The highest BCUT2D eigenvalue weighted by Gasteiger charge is 2.41. The molecule has 1 heterocycles. The summed E-state index contributed by atoms with van der Waals surface area (Å²) >= 11 is 0. The fraction of sp³-hybridized carbons (Fsp3) is 0.467. The molecule has 112 valence electrons. The number of halogens is 2. The molecular formula is C15H16F2N2O2. The minimum atomic E-state index is -2.75. The lowest BCUT2D eigenvalue weighted by Crippen LogP contribution is -2.45. The minimum Gasteiger partial charge on any atom is -0.491 e. The van der Waals surface area contributed by atoms with Gasteiger partial charge in [0, 0.05) is 5.56 Å². The van der Waals surface area contributed by atoms with Crippen molar-refractivity contribution >= 4 is 5.91 Å². The summed E-state index contributed by atoms with van der Waals surface area (Å²) in [7, 11) is 0. The number of hydrogen-bond donors (Lipinski definition) is 0. The molecule has 0 saturated heterocycles. The van der Waals surface area contributed by atoms with E-state index >= 15 is 0 Å². The van der Waals surface area contributed by atoms with Crippen LogP contribution in [0.3, 0.4) is 0 Å². The Bertz CT molecular complexity index is 594. The van der Waals surface area contributed by atoms with Gasteiger partial charge in [0.15, 0.2) is 0 Å². The Balaban J connectivity index is 2.33. The zero-order chi connectivity index (χ0) is 15.6. The Kier molecular flexibility index (Phi) is 4.12. The first-order chi connectivity index (χ1) is 9.87. The van der Waals surface area contributed by atoms with E-state index < -0.39 is 17.7 Å². The number of nitriles is 1. The SMILES string of the molecule is CC(C)(C(=O)N1CCOc2cccc(C#N)c2C1)C(F)F. The molecule has 0 bridgehead atoms. The monoisotopic (exact) mass is 294 g/mol. The maximum Gasteiger partial charge on any atom is 0.252 e. The van der Waals surface area contributed by atoms with Crippen molar-refractivity contribution in [3.63, 3.8) is 0 Å². The highest BCUT2D eigenvalue weighted by Crippen LogP contribution is 2.31. The van der Waals surface area contributed by atoms with Gasteiger partial charge in [-0.1, -0.05) is 6.07 Å². The average molecular weight is 294 g/mol. The van der Waals surface area contributed by atoms with Crippen LogP contribution in [0.5, 0.6) is 5.75 Å². The van der Waals surface area contributed by atoms with Crippen molar-refractivity contribution in [3.05, 3.63) is 29.3 Å². The van der Waals surface area contributed by atoms with Crippen molar-refractivity contribution in [2.75, 3.05) is 13.2 Å². The van der Waals surface area contributed by atoms with Crippen LogP contribution in [0.25, 0.3) is 0 Å². The maximum atomic E-state index is 13.0. The third-order valence-corrected chi connectivity index (χ3v) is 3.61. The van der Waals surface area contributed by atoms with Gasteiger partial charge in [0.05, 0.1) is 24.7 Å². The second-order valence-corrected chi connectivity index (χ2v) is 5.49. The minimum absolute atomic E-state index is 0.105. The molecule has 21 heavy (non-hydrogen) atoms. The Morgan fingerprint density at radius 3 is 2.81 bits per heavy atom. The summed E-state index contributed by atoms with van der Waals surface area (Å²) in [4.78, 5) is 13.7. The lowest BCUT2D eigenvalue weighted by atomic mass is 9.92. The summed E-state index contributed by atoms with van der Waals surface area (Å²) in [5, 5.41) is 9.13. The first kappa shape index (κ1) is 15.2. The van der Waals surface area contributed by atoms with Crippen LogP contribution < -0.4 is 4.74 Å². The Morgan fingerprint density at radius 2 is 2.19 bits per heavy atom. The largest absolute Gasteiger partial charge is 0.491 e. The number of benzene rings is 1. The molecule has 0 fully saturated rings. The molecular weight excluding hydrogens is 278 g/mol. The first-order valence-corrected chi connectivity index (χ1v) is 6.60. The molecule has 1 aromatic carbocycles. The molecule has 1 aliphatic rings. The van der Waals surface area contributed by atoms with Crippen LogP contribution in [0.2, 0.25) is 0 Å². The Morgan fingerprint density at radius 1 is 1.48 bits per heavy atom.